The van der Waals surface area contributed by atoms with Crippen molar-refractivity contribution in [2.24, 2.45) is 13.0 Å². The predicted octanol–water partition coefficient (Wildman–Crippen LogP) is 2.15. The summed E-state index contributed by atoms with van der Waals surface area (Å²) in [6.45, 7) is 6.89. The van der Waals surface area contributed by atoms with Crippen LogP contribution in [0.15, 0.2) is 24.8 Å². The standard InChI is InChI=1S/C16H23N5/c1-12(2)21-8-4-13(11-21)10-14-15(18-6-5-17-14)16-19-7-9-20(16)3/h5-7,9,12-13H,4,8,10-11H2,1-3H3. The highest BCUT2D eigenvalue weighted by atomic mass is 15.2. The second-order valence-electron chi connectivity index (χ2n) is 6.16. The predicted molar refractivity (Wildman–Crippen MR) is 82.8 cm³/mol. The Labute approximate surface area is 126 Å². The number of rotatable bonds is 4. The quantitative estimate of drug-likeness (QED) is 0.863. The first kappa shape index (κ1) is 14.2. The molecule has 3 rings (SSSR count). The van der Waals surface area contributed by atoms with Gasteiger partial charge in [-0.15, -0.1) is 0 Å². The van der Waals surface area contributed by atoms with E-state index in [2.05, 4.69) is 33.7 Å². The average Bonchev–Trinajstić information content (AvgIpc) is 3.09. The number of hydrogen-bond acceptors (Lipinski definition) is 4. The Kier molecular flexibility index (Phi) is 4.01. The van der Waals surface area contributed by atoms with E-state index in [4.69, 9.17) is 0 Å². The fourth-order valence-electron chi connectivity index (χ4n) is 3.07. The molecule has 0 N–H and O–H groups in total. The van der Waals surface area contributed by atoms with E-state index in [9.17, 15) is 0 Å². The van der Waals surface area contributed by atoms with Crippen molar-refractivity contribution in [3.8, 4) is 11.5 Å². The van der Waals surface area contributed by atoms with Crippen molar-refractivity contribution in [1.29, 1.82) is 0 Å². The summed E-state index contributed by atoms with van der Waals surface area (Å²) in [5.74, 6) is 1.57. The monoisotopic (exact) mass is 285 g/mol. The molecule has 2 aromatic heterocycles. The Morgan fingerprint density at radius 2 is 2.00 bits per heavy atom. The van der Waals surface area contributed by atoms with Gasteiger partial charge in [-0.25, -0.2) is 9.97 Å². The Bertz CT molecular complexity index is 604. The largest absolute Gasteiger partial charge is 0.333 e. The number of imidazole rings is 1. The van der Waals surface area contributed by atoms with Crippen LogP contribution in [0.1, 0.15) is 26.0 Å². The van der Waals surface area contributed by atoms with Crippen LogP contribution in [0.4, 0.5) is 0 Å². The lowest BCUT2D eigenvalue weighted by Gasteiger charge is -2.20. The van der Waals surface area contributed by atoms with Gasteiger partial charge in [-0.05, 0) is 39.2 Å². The minimum absolute atomic E-state index is 0.630. The van der Waals surface area contributed by atoms with Gasteiger partial charge in [0.2, 0.25) is 0 Å². The van der Waals surface area contributed by atoms with Gasteiger partial charge in [0.1, 0.15) is 5.69 Å². The lowest BCUT2D eigenvalue weighted by Crippen LogP contribution is -2.28. The Hall–Kier alpha value is -1.75. The first-order valence-corrected chi connectivity index (χ1v) is 7.66. The first-order valence-electron chi connectivity index (χ1n) is 7.66. The summed E-state index contributed by atoms with van der Waals surface area (Å²) in [6, 6.07) is 0.630. The fourth-order valence-corrected chi connectivity index (χ4v) is 3.07. The van der Waals surface area contributed by atoms with Crippen LogP contribution >= 0.6 is 0 Å². The smallest absolute Gasteiger partial charge is 0.160 e. The molecule has 3 heterocycles. The van der Waals surface area contributed by atoms with Gasteiger partial charge >= 0.3 is 0 Å². The van der Waals surface area contributed by atoms with E-state index in [0.29, 0.717) is 12.0 Å². The van der Waals surface area contributed by atoms with E-state index in [1.165, 1.54) is 13.0 Å². The maximum Gasteiger partial charge on any atom is 0.160 e. The molecule has 0 aliphatic carbocycles. The minimum Gasteiger partial charge on any atom is -0.333 e. The molecule has 0 spiro atoms. The normalized spacial score (nSPS) is 19.5. The molecule has 5 nitrogen and oxygen atoms in total. The topological polar surface area (TPSA) is 46.8 Å². The van der Waals surface area contributed by atoms with E-state index >= 15 is 0 Å². The maximum atomic E-state index is 4.57. The van der Waals surface area contributed by atoms with Crippen molar-refractivity contribution in [3.05, 3.63) is 30.5 Å². The molecule has 1 atom stereocenters. The van der Waals surface area contributed by atoms with Gasteiger partial charge in [0.05, 0.1) is 5.69 Å². The highest BCUT2D eigenvalue weighted by Gasteiger charge is 2.26. The second kappa shape index (κ2) is 5.93. The molecule has 5 heteroatoms. The molecule has 112 valence electrons. The van der Waals surface area contributed by atoms with Gasteiger partial charge in [-0.2, -0.15) is 0 Å². The van der Waals surface area contributed by atoms with E-state index < -0.39 is 0 Å². The first-order chi connectivity index (χ1) is 10.1. The van der Waals surface area contributed by atoms with Crippen molar-refractivity contribution >= 4 is 0 Å². The Morgan fingerprint density at radius 1 is 1.19 bits per heavy atom. The molecular formula is C16H23N5. The Balaban J connectivity index is 1.79. The third-order valence-electron chi connectivity index (χ3n) is 4.34. The van der Waals surface area contributed by atoms with Crippen LogP contribution in [0.5, 0.6) is 0 Å². The molecule has 1 saturated heterocycles. The van der Waals surface area contributed by atoms with E-state index in [1.54, 1.807) is 12.4 Å². The van der Waals surface area contributed by atoms with Crippen molar-refractivity contribution in [1.82, 2.24) is 24.4 Å². The van der Waals surface area contributed by atoms with Crippen LogP contribution in [0.25, 0.3) is 11.5 Å². The van der Waals surface area contributed by atoms with Crippen LogP contribution in [0.3, 0.4) is 0 Å². The summed E-state index contributed by atoms with van der Waals surface area (Å²) >= 11 is 0. The highest BCUT2D eigenvalue weighted by molar-refractivity contribution is 5.52. The third kappa shape index (κ3) is 2.97. The number of aromatic nitrogens is 4. The molecule has 0 aromatic carbocycles. The summed E-state index contributed by atoms with van der Waals surface area (Å²) in [4.78, 5) is 16.1. The van der Waals surface area contributed by atoms with Gasteiger partial charge in [0.25, 0.3) is 0 Å². The van der Waals surface area contributed by atoms with Crippen LogP contribution in [-0.2, 0) is 13.5 Å². The highest BCUT2D eigenvalue weighted by Crippen LogP contribution is 2.25. The lowest BCUT2D eigenvalue weighted by atomic mass is 10.0. The molecule has 21 heavy (non-hydrogen) atoms. The number of nitrogens with zero attached hydrogens (tertiary/aromatic N) is 5. The van der Waals surface area contributed by atoms with E-state index in [-0.39, 0.29) is 0 Å². The van der Waals surface area contributed by atoms with Gasteiger partial charge in [0, 0.05) is 44.4 Å². The zero-order valence-electron chi connectivity index (χ0n) is 13.0. The van der Waals surface area contributed by atoms with Crippen molar-refractivity contribution in [2.75, 3.05) is 13.1 Å². The van der Waals surface area contributed by atoms with E-state index in [0.717, 1.165) is 30.2 Å². The van der Waals surface area contributed by atoms with Crippen molar-refractivity contribution < 1.29 is 0 Å². The van der Waals surface area contributed by atoms with Crippen molar-refractivity contribution in [2.45, 2.75) is 32.7 Å². The number of aryl methyl sites for hydroxylation is 1. The maximum absolute atomic E-state index is 4.57. The lowest BCUT2D eigenvalue weighted by molar-refractivity contribution is 0.265. The van der Waals surface area contributed by atoms with Crippen LogP contribution in [0, 0.1) is 5.92 Å². The average molecular weight is 285 g/mol. The fraction of sp³-hybridized carbons (Fsp3) is 0.562. The molecule has 1 unspecified atom stereocenters. The summed E-state index contributed by atoms with van der Waals surface area (Å²) < 4.78 is 2.00. The van der Waals surface area contributed by atoms with Crippen LogP contribution < -0.4 is 0 Å². The molecule has 0 amide bonds. The van der Waals surface area contributed by atoms with E-state index in [1.807, 2.05) is 24.0 Å². The van der Waals surface area contributed by atoms with Gasteiger partial charge in [-0.3, -0.25) is 4.98 Å². The summed E-state index contributed by atoms with van der Waals surface area (Å²) in [6.07, 6.45) is 9.53. The summed E-state index contributed by atoms with van der Waals surface area (Å²) in [5.41, 5.74) is 2.00. The molecule has 1 fully saturated rings. The molecule has 1 aliphatic rings. The zero-order valence-corrected chi connectivity index (χ0v) is 13.0. The number of hydrogen-bond donors (Lipinski definition) is 0. The van der Waals surface area contributed by atoms with Crippen LogP contribution in [-0.4, -0.2) is 43.6 Å². The van der Waals surface area contributed by atoms with Gasteiger partial charge < -0.3 is 9.47 Å². The van der Waals surface area contributed by atoms with Gasteiger partial charge in [-0.1, -0.05) is 0 Å². The second-order valence-corrected chi connectivity index (χ2v) is 6.16. The van der Waals surface area contributed by atoms with Crippen LogP contribution in [0.2, 0.25) is 0 Å². The third-order valence-corrected chi connectivity index (χ3v) is 4.34. The molecule has 0 radical (unpaired) electrons. The minimum atomic E-state index is 0.630. The SMILES string of the molecule is CC(C)N1CCC(Cc2nccnc2-c2nccn2C)C1. The Morgan fingerprint density at radius 3 is 2.67 bits per heavy atom. The summed E-state index contributed by atoms with van der Waals surface area (Å²) in [7, 11) is 2.00. The summed E-state index contributed by atoms with van der Waals surface area (Å²) in [5, 5.41) is 0. The van der Waals surface area contributed by atoms with Gasteiger partial charge in [0.15, 0.2) is 5.82 Å². The number of likely N-dealkylation sites (tertiary alicyclic amines) is 1. The molecule has 2 aromatic rings. The molecular weight excluding hydrogens is 262 g/mol. The molecule has 0 bridgehead atoms. The van der Waals surface area contributed by atoms with Crippen molar-refractivity contribution in [3.63, 3.8) is 0 Å². The zero-order chi connectivity index (χ0) is 14.8. The molecule has 0 saturated carbocycles. The molecule has 1 aliphatic heterocycles.